The third-order valence-corrected chi connectivity index (χ3v) is 14.2. The van der Waals surface area contributed by atoms with E-state index in [0.29, 0.717) is 0 Å². The van der Waals surface area contributed by atoms with Gasteiger partial charge in [0.25, 0.3) is 0 Å². The van der Waals surface area contributed by atoms with Gasteiger partial charge in [-0.1, -0.05) is 168 Å². The Labute approximate surface area is 335 Å². The molecule has 4 unspecified atom stereocenters. The molecular formula is C53H57N3. The fraction of sp³-hybridized carbons (Fsp3) is 0.377. The van der Waals surface area contributed by atoms with Crippen molar-refractivity contribution in [2.45, 2.75) is 105 Å². The highest BCUT2D eigenvalue weighted by atomic mass is 15.1. The first-order chi connectivity index (χ1) is 26.3. The summed E-state index contributed by atoms with van der Waals surface area (Å²) in [5.41, 5.74) is 8.43. The van der Waals surface area contributed by atoms with Crippen LogP contribution < -0.4 is 4.57 Å². The van der Waals surface area contributed by atoms with Gasteiger partial charge in [0.05, 0.1) is 34.1 Å². The third kappa shape index (κ3) is 4.27. The topological polar surface area (TPSA) is 29.7 Å². The molecule has 4 aliphatic rings. The molecule has 0 saturated heterocycles. The molecule has 0 aliphatic carbocycles. The van der Waals surface area contributed by atoms with Crippen LogP contribution in [0.25, 0.3) is 0 Å². The lowest BCUT2D eigenvalue weighted by Gasteiger charge is -2.53. The summed E-state index contributed by atoms with van der Waals surface area (Å²) in [4.78, 5) is 12.0. The maximum absolute atomic E-state index is 6.03. The smallest absolute Gasteiger partial charge is 0.218 e. The molecule has 0 amide bonds. The van der Waals surface area contributed by atoms with E-state index in [1.54, 1.807) is 0 Å². The predicted molar refractivity (Wildman–Crippen MR) is 227 cm³/mol. The highest BCUT2D eigenvalue weighted by Gasteiger charge is 2.59. The summed E-state index contributed by atoms with van der Waals surface area (Å²) in [5.74, 6) is 0. The second-order valence-electron chi connectivity index (χ2n) is 20.9. The summed E-state index contributed by atoms with van der Waals surface area (Å²) in [7, 11) is 0. The van der Waals surface area contributed by atoms with Crippen molar-refractivity contribution in [1.82, 2.24) is 9.97 Å². The van der Waals surface area contributed by atoms with Crippen LogP contribution in [-0.2, 0) is 21.8 Å². The van der Waals surface area contributed by atoms with Crippen LogP contribution in [0.4, 0.5) is 0 Å². The normalized spacial score (nSPS) is 25.1. The summed E-state index contributed by atoms with van der Waals surface area (Å²) in [6.07, 6.45) is 6.46. The quantitative estimate of drug-likeness (QED) is 0.115. The van der Waals surface area contributed by atoms with Crippen molar-refractivity contribution in [3.05, 3.63) is 195 Å². The minimum atomic E-state index is -0.772. The molecule has 56 heavy (non-hydrogen) atoms. The van der Waals surface area contributed by atoms with E-state index in [2.05, 4.69) is 221 Å². The zero-order valence-corrected chi connectivity index (χ0v) is 35.5. The number of benzene rings is 3. The zero-order valence-electron chi connectivity index (χ0n) is 35.5. The minimum Gasteiger partial charge on any atom is -0.296 e. The SMILES string of the molecule is CC(C)(C)C12c3[c-][n+](ccc3)C3(C(C)(C)C)c4cccc(c4)C(C(C)(C)C)(c4cccc1c4)c1cccc(n1)C(C(C)(C)C)(c1cccc2c1)c1cccc3n1. The van der Waals surface area contributed by atoms with E-state index in [1.807, 2.05) is 0 Å². The Bertz CT molecular complexity index is 1980. The van der Waals surface area contributed by atoms with Crippen LogP contribution >= 0.6 is 0 Å². The maximum atomic E-state index is 6.03. The Morgan fingerprint density at radius 3 is 1.25 bits per heavy atom. The molecule has 0 radical (unpaired) electrons. The second kappa shape index (κ2) is 11.4. The average Bonchev–Trinajstić information content (AvgIpc) is 3.11. The minimum absolute atomic E-state index is 0.301. The van der Waals surface area contributed by atoms with Gasteiger partial charge in [0.2, 0.25) is 5.54 Å². The average molecular weight is 736 g/mol. The van der Waals surface area contributed by atoms with E-state index >= 15 is 0 Å². The van der Waals surface area contributed by atoms with Crippen molar-refractivity contribution in [3.63, 3.8) is 0 Å². The Hall–Kier alpha value is -4.89. The van der Waals surface area contributed by atoms with Gasteiger partial charge in [-0.05, 0) is 74.4 Å². The van der Waals surface area contributed by atoms with E-state index in [0.717, 1.165) is 28.3 Å². The van der Waals surface area contributed by atoms with E-state index in [-0.39, 0.29) is 21.7 Å². The molecule has 4 aliphatic heterocycles. The number of nitrogens with zero attached hydrogens (tertiary/aromatic N) is 3. The van der Waals surface area contributed by atoms with Crippen molar-refractivity contribution in [1.29, 1.82) is 0 Å². The molecule has 284 valence electrons. The largest absolute Gasteiger partial charge is 0.296 e. The number of rotatable bonds is 0. The number of aromatic nitrogens is 3. The number of pyridine rings is 3. The van der Waals surface area contributed by atoms with Gasteiger partial charge in [-0.25, -0.2) is 4.98 Å². The molecule has 7 heterocycles. The standard InChI is InChI=1S/C53H57N3/c1-46(2,3)50-35-19-13-21-37(31-35)51(47(4,5)6)38-22-15-24-40(33-38)53(49(10,11)12,56-30-18-25-41(50)34-56)45-29-17-28-44(55-45)52(48(7,8)9,39-23-14-20-36(50)32-39)43-27-16-26-42(51)54-43/h13-33H,1-12H3. The molecule has 3 aromatic carbocycles. The van der Waals surface area contributed by atoms with Crippen LogP contribution in [0.15, 0.2) is 128 Å². The van der Waals surface area contributed by atoms with Gasteiger partial charge in [-0.15, -0.1) is 6.07 Å². The van der Waals surface area contributed by atoms with E-state index in [9.17, 15) is 0 Å². The first-order valence-electron chi connectivity index (χ1n) is 20.5. The van der Waals surface area contributed by atoms with Crippen LogP contribution in [0.3, 0.4) is 0 Å². The monoisotopic (exact) mass is 735 g/mol. The van der Waals surface area contributed by atoms with Crippen LogP contribution in [0, 0.1) is 27.9 Å². The summed E-state index contributed by atoms with van der Waals surface area (Å²) >= 11 is 0. The molecular weight excluding hydrogens is 679 g/mol. The molecule has 10 rings (SSSR count). The molecule has 3 aromatic heterocycles. The molecule has 0 N–H and O–H groups in total. The number of hydrogen-bond acceptors (Lipinski definition) is 2. The molecule has 6 aromatic rings. The Morgan fingerprint density at radius 2 is 0.768 bits per heavy atom. The molecule has 0 spiro atoms. The van der Waals surface area contributed by atoms with E-state index in [4.69, 9.17) is 9.97 Å². The fourth-order valence-corrected chi connectivity index (χ4v) is 12.2. The van der Waals surface area contributed by atoms with Gasteiger partial charge in [-0.3, -0.25) is 9.55 Å². The lowest BCUT2D eigenvalue weighted by Crippen LogP contribution is -2.66. The third-order valence-electron chi connectivity index (χ3n) is 14.2. The molecule has 3 heteroatoms. The Kier molecular flexibility index (Phi) is 7.46. The first-order valence-corrected chi connectivity index (χ1v) is 20.5. The van der Waals surface area contributed by atoms with E-state index < -0.39 is 21.8 Å². The number of hydrogen-bond donors (Lipinski definition) is 0. The van der Waals surface area contributed by atoms with Gasteiger partial charge < -0.3 is 0 Å². The highest BCUT2D eigenvalue weighted by Crippen LogP contribution is 2.60. The summed E-state index contributed by atoms with van der Waals surface area (Å²) in [5, 5.41) is 0. The lowest BCUT2D eigenvalue weighted by molar-refractivity contribution is -0.762. The van der Waals surface area contributed by atoms with Gasteiger partial charge >= 0.3 is 0 Å². The van der Waals surface area contributed by atoms with Gasteiger partial charge in [-0.2, -0.15) is 6.07 Å². The van der Waals surface area contributed by atoms with Crippen molar-refractivity contribution in [3.8, 4) is 0 Å². The Morgan fingerprint density at radius 1 is 0.393 bits per heavy atom. The van der Waals surface area contributed by atoms with Crippen LogP contribution in [0.1, 0.15) is 145 Å². The molecule has 16 bridgehead atoms. The zero-order chi connectivity index (χ0) is 39.9. The fourth-order valence-electron chi connectivity index (χ4n) is 12.2. The molecule has 3 nitrogen and oxygen atoms in total. The first kappa shape index (κ1) is 36.7. The predicted octanol–water partition coefficient (Wildman–Crippen LogP) is 11.5. The van der Waals surface area contributed by atoms with E-state index in [1.165, 1.54) is 33.4 Å². The van der Waals surface area contributed by atoms with Crippen molar-refractivity contribution in [2.75, 3.05) is 0 Å². The second-order valence-corrected chi connectivity index (χ2v) is 20.9. The summed E-state index contributed by atoms with van der Waals surface area (Å²) in [6, 6.07) is 46.7. The summed E-state index contributed by atoms with van der Waals surface area (Å²) in [6.45, 7) is 28.8. The molecule has 0 saturated carbocycles. The van der Waals surface area contributed by atoms with Gasteiger partial charge in [0.1, 0.15) is 11.9 Å². The van der Waals surface area contributed by atoms with Crippen molar-refractivity contribution >= 4 is 0 Å². The van der Waals surface area contributed by atoms with Crippen molar-refractivity contribution < 1.29 is 4.57 Å². The lowest BCUT2D eigenvalue weighted by atomic mass is 9.52. The van der Waals surface area contributed by atoms with Crippen LogP contribution in [-0.4, -0.2) is 9.97 Å². The maximum Gasteiger partial charge on any atom is 0.218 e. The highest BCUT2D eigenvalue weighted by molar-refractivity contribution is 5.62. The molecule has 4 atom stereocenters. The Balaban J connectivity index is 1.73. The molecule has 0 fully saturated rings. The van der Waals surface area contributed by atoms with Gasteiger partial charge in [0, 0.05) is 16.4 Å². The van der Waals surface area contributed by atoms with Crippen LogP contribution in [0.5, 0.6) is 0 Å². The van der Waals surface area contributed by atoms with Gasteiger partial charge in [0.15, 0.2) is 0 Å². The summed E-state index contributed by atoms with van der Waals surface area (Å²) < 4.78 is 2.41. The van der Waals surface area contributed by atoms with Crippen LogP contribution in [0.2, 0.25) is 0 Å². The van der Waals surface area contributed by atoms with Crippen molar-refractivity contribution in [2.24, 2.45) is 21.7 Å².